The van der Waals surface area contributed by atoms with Crippen molar-refractivity contribution in [2.75, 3.05) is 7.11 Å². The summed E-state index contributed by atoms with van der Waals surface area (Å²) in [4.78, 5) is 11.2. The van der Waals surface area contributed by atoms with Crippen LogP contribution in [0.5, 0.6) is 11.5 Å². The third-order valence-corrected chi connectivity index (χ3v) is 2.99. The number of carboxylic acid groups (broad SMARTS) is 1. The Morgan fingerprint density at radius 3 is 2.71 bits per heavy atom. The summed E-state index contributed by atoms with van der Waals surface area (Å²) in [6.07, 6.45) is 1.87. The van der Waals surface area contributed by atoms with Gasteiger partial charge in [-0.25, -0.2) is 4.79 Å². The van der Waals surface area contributed by atoms with Gasteiger partial charge in [-0.1, -0.05) is 0 Å². The highest BCUT2D eigenvalue weighted by Crippen LogP contribution is 2.25. The van der Waals surface area contributed by atoms with E-state index in [2.05, 4.69) is 5.10 Å². The summed E-state index contributed by atoms with van der Waals surface area (Å²) >= 11 is 0. The maximum Gasteiger partial charge on any atom is 0.339 e. The van der Waals surface area contributed by atoms with Crippen molar-refractivity contribution in [3.05, 3.63) is 41.7 Å². The van der Waals surface area contributed by atoms with Crippen LogP contribution in [0.3, 0.4) is 0 Å². The molecule has 6 heteroatoms. The Balaban J connectivity index is 2.15. The highest BCUT2D eigenvalue weighted by Gasteiger charge is 2.13. The Labute approximate surface area is 122 Å². The van der Waals surface area contributed by atoms with Crippen LogP contribution in [-0.2, 0) is 6.61 Å². The van der Waals surface area contributed by atoms with E-state index in [1.54, 1.807) is 12.1 Å². The van der Waals surface area contributed by atoms with E-state index in [-0.39, 0.29) is 24.0 Å². The van der Waals surface area contributed by atoms with Gasteiger partial charge < -0.3 is 14.6 Å². The van der Waals surface area contributed by atoms with Crippen LogP contribution in [0, 0.1) is 0 Å². The van der Waals surface area contributed by atoms with Crippen molar-refractivity contribution >= 4 is 5.97 Å². The van der Waals surface area contributed by atoms with E-state index in [1.807, 2.05) is 30.8 Å². The Bertz CT molecular complexity index is 634. The minimum atomic E-state index is -1.04. The van der Waals surface area contributed by atoms with Crippen LogP contribution in [0.2, 0.25) is 0 Å². The zero-order chi connectivity index (χ0) is 15.4. The van der Waals surface area contributed by atoms with Gasteiger partial charge in [0.2, 0.25) is 0 Å². The Hall–Kier alpha value is -2.50. The number of aromatic nitrogens is 2. The van der Waals surface area contributed by atoms with Crippen molar-refractivity contribution in [1.29, 1.82) is 0 Å². The molecule has 0 saturated carbocycles. The van der Waals surface area contributed by atoms with Gasteiger partial charge in [-0.2, -0.15) is 5.10 Å². The number of benzene rings is 1. The summed E-state index contributed by atoms with van der Waals surface area (Å²) in [5, 5.41) is 13.5. The van der Waals surface area contributed by atoms with Crippen molar-refractivity contribution < 1.29 is 19.4 Å². The van der Waals surface area contributed by atoms with Crippen LogP contribution >= 0.6 is 0 Å². The fourth-order valence-corrected chi connectivity index (χ4v) is 1.82. The quantitative estimate of drug-likeness (QED) is 0.885. The van der Waals surface area contributed by atoms with Crippen LogP contribution in [0.25, 0.3) is 0 Å². The number of rotatable bonds is 6. The molecule has 0 aliphatic carbocycles. The zero-order valence-electron chi connectivity index (χ0n) is 12.2. The Kier molecular flexibility index (Phi) is 4.47. The molecule has 0 fully saturated rings. The van der Waals surface area contributed by atoms with Gasteiger partial charge in [-0.05, 0) is 32.0 Å². The molecule has 0 aliphatic rings. The number of hydrogen-bond acceptors (Lipinski definition) is 4. The number of ether oxygens (including phenoxy) is 2. The van der Waals surface area contributed by atoms with Gasteiger partial charge in [-0.3, -0.25) is 4.68 Å². The van der Waals surface area contributed by atoms with Crippen LogP contribution < -0.4 is 9.47 Å². The molecule has 112 valence electrons. The van der Waals surface area contributed by atoms with Gasteiger partial charge in [0.15, 0.2) is 0 Å². The molecule has 0 unspecified atom stereocenters. The standard InChI is InChI=1S/C15H18N2O4/c1-10(2)17-7-6-11(16-17)9-21-14-8-12(20-3)4-5-13(14)15(18)19/h4-8,10H,9H2,1-3H3,(H,18,19). The summed E-state index contributed by atoms with van der Waals surface area (Å²) in [6.45, 7) is 4.26. The molecule has 2 aromatic rings. The number of methoxy groups -OCH3 is 1. The third kappa shape index (κ3) is 3.53. The molecule has 0 saturated heterocycles. The fourth-order valence-electron chi connectivity index (χ4n) is 1.82. The third-order valence-electron chi connectivity index (χ3n) is 2.99. The molecule has 0 aliphatic heterocycles. The molecule has 6 nitrogen and oxygen atoms in total. The van der Waals surface area contributed by atoms with Gasteiger partial charge in [0.05, 0.1) is 12.8 Å². The van der Waals surface area contributed by atoms with E-state index in [0.29, 0.717) is 5.75 Å². The number of nitrogens with zero attached hydrogens (tertiary/aromatic N) is 2. The topological polar surface area (TPSA) is 73.6 Å². The van der Waals surface area contributed by atoms with Crippen LogP contribution in [0.15, 0.2) is 30.5 Å². The van der Waals surface area contributed by atoms with E-state index in [1.165, 1.54) is 13.2 Å². The van der Waals surface area contributed by atoms with Crippen LogP contribution in [0.1, 0.15) is 35.9 Å². The SMILES string of the molecule is COc1ccc(C(=O)O)c(OCc2ccn(C(C)C)n2)c1. The Morgan fingerprint density at radius 2 is 2.14 bits per heavy atom. The van der Waals surface area contributed by atoms with E-state index in [4.69, 9.17) is 14.6 Å². The number of hydrogen-bond donors (Lipinski definition) is 1. The largest absolute Gasteiger partial charge is 0.497 e. The minimum absolute atomic E-state index is 0.0964. The minimum Gasteiger partial charge on any atom is -0.497 e. The normalized spacial score (nSPS) is 10.7. The average Bonchev–Trinajstić information content (AvgIpc) is 2.93. The van der Waals surface area contributed by atoms with E-state index >= 15 is 0 Å². The van der Waals surface area contributed by atoms with Gasteiger partial charge in [-0.15, -0.1) is 0 Å². The molecule has 2 rings (SSSR count). The first-order valence-electron chi connectivity index (χ1n) is 6.59. The zero-order valence-corrected chi connectivity index (χ0v) is 12.2. The highest BCUT2D eigenvalue weighted by atomic mass is 16.5. The predicted molar refractivity (Wildman–Crippen MR) is 76.9 cm³/mol. The lowest BCUT2D eigenvalue weighted by molar-refractivity contribution is 0.0691. The van der Waals surface area contributed by atoms with Crippen molar-refractivity contribution in [3.63, 3.8) is 0 Å². The monoisotopic (exact) mass is 290 g/mol. The van der Waals surface area contributed by atoms with Crippen molar-refractivity contribution in [2.45, 2.75) is 26.5 Å². The molecule has 0 amide bonds. The molecule has 0 spiro atoms. The molecular formula is C15H18N2O4. The first kappa shape index (κ1) is 14.9. The van der Waals surface area contributed by atoms with Gasteiger partial charge in [0.1, 0.15) is 23.7 Å². The smallest absolute Gasteiger partial charge is 0.339 e. The first-order valence-corrected chi connectivity index (χ1v) is 6.59. The summed E-state index contributed by atoms with van der Waals surface area (Å²) in [5.74, 6) is -0.232. The summed E-state index contributed by atoms with van der Waals surface area (Å²) in [6, 6.07) is 6.72. The van der Waals surface area contributed by atoms with Crippen LogP contribution in [-0.4, -0.2) is 28.0 Å². The summed E-state index contributed by atoms with van der Waals surface area (Å²) < 4.78 is 12.5. The summed E-state index contributed by atoms with van der Waals surface area (Å²) in [5.41, 5.74) is 0.835. The molecule has 1 heterocycles. The van der Waals surface area contributed by atoms with Gasteiger partial charge in [0, 0.05) is 18.3 Å². The maximum atomic E-state index is 11.2. The lowest BCUT2D eigenvalue weighted by atomic mass is 10.2. The fraction of sp³-hybridized carbons (Fsp3) is 0.333. The number of aromatic carboxylic acids is 1. The molecule has 0 radical (unpaired) electrons. The van der Waals surface area contributed by atoms with E-state index in [9.17, 15) is 4.79 Å². The molecule has 21 heavy (non-hydrogen) atoms. The molecular weight excluding hydrogens is 272 g/mol. The second-order valence-electron chi connectivity index (χ2n) is 4.84. The van der Waals surface area contributed by atoms with Crippen molar-refractivity contribution in [3.8, 4) is 11.5 Å². The number of carbonyl (C=O) groups is 1. The molecule has 1 aromatic carbocycles. The molecule has 1 aromatic heterocycles. The summed E-state index contributed by atoms with van der Waals surface area (Å²) in [7, 11) is 1.52. The molecule has 0 atom stereocenters. The van der Waals surface area contributed by atoms with Crippen molar-refractivity contribution in [1.82, 2.24) is 9.78 Å². The predicted octanol–water partition coefficient (Wildman–Crippen LogP) is 2.75. The second kappa shape index (κ2) is 6.30. The van der Waals surface area contributed by atoms with Gasteiger partial charge >= 0.3 is 5.97 Å². The van der Waals surface area contributed by atoms with Gasteiger partial charge in [0.25, 0.3) is 0 Å². The average molecular weight is 290 g/mol. The molecule has 0 bridgehead atoms. The molecule has 1 N–H and O–H groups in total. The van der Waals surface area contributed by atoms with E-state index < -0.39 is 5.97 Å². The lowest BCUT2D eigenvalue weighted by Gasteiger charge is -2.10. The van der Waals surface area contributed by atoms with Crippen molar-refractivity contribution in [2.24, 2.45) is 0 Å². The highest BCUT2D eigenvalue weighted by molar-refractivity contribution is 5.91. The lowest BCUT2D eigenvalue weighted by Crippen LogP contribution is -2.06. The second-order valence-corrected chi connectivity index (χ2v) is 4.84. The maximum absolute atomic E-state index is 11.2. The van der Waals surface area contributed by atoms with E-state index in [0.717, 1.165) is 5.69 Å². The Morgan fingerprint density at radius 1 is 1.38 bits per heavy atom. The first-order chi connectivity index (χ1) is 10.0. The van der Waals surface area contributed by atoms with Crippen LogP contribution in [0.4, 0.5) is 0 Å². The number of carboxylic acids is 1.